The molecule has 294 valence electrons. The summed E-state index contributed by atoms with van der Waals surface area (Å²) in [7, 11) is 0. The van der Waals surface area contributed by atoms with Crippen LogP contribution in [0.2, 0.25) is 0 Å². The Labute approximate surface area is 361 Å². The third-order valence-corrected chi connectivity index (χ3v) is 12.2. The lowest BCUT2D eigenvalue weighted by molar-refractivity contribution is 0.670. The molecule has 0 unspecified atom stereocenters. The summed E-state index contributed by atoms with van der Waals surface area (Å²) in [4.78, 5) is 15.8. The van der Waals surface area contributed by atoms with Crippen LogP contribution in [0.1, 0.15) is 0 Å². The van der Waals surface area contributed by atoms with Gasteiger partial charge in [0.05, 0.1) is 11.0 Å². The highest BCUT2D eigenvalue weighted by Crippen LogP contribution is 2.42. The molecule has 0 saturated carbocycles. The molecule has 0 aliphatic carbocycles. The van der Waals surface area contributed by atoms with Gasteiger partial charge in [-0.2, -0.15) is 0 Å². The zero-order valence-corrected chi connectivity index (χ0v) is 33.7. The van der Waals surface area contributed by atoms with Crippen LogP contribution >= 0.6 is 0 Å². The van der Waals surface area contributed by atoms with E-state index in [1.54, 1.807) is 0 Å². The fourth-order valence-electron chi connectivity index (χ4n) is 9.35. The van der Waals surface area contributed by atoms with E-state index in [4.69, 9.17) is 23.8 Å². The van der Waals surface area contributed by atoms with Gasteiger partial charge >= 0.3 is 0 Å². The van der Waals surface area contributed by atoms with Crippen LogP contribution in [0.4, 0.5) is 0 Å². The molecule has 0 bridgehead atoms. The lowest BCUT2D eigenvalue weighted by Crippen LogP contribution is -2.01. The lowest BCUT2D eigenvalue weighted by atomic mass is 9.94. The van der Waals surface area contributed by atoms with E-state index in [9.17, 15) is 0 Å². The predicted molar refractivity (Wildman–Crippen MR) is 256 cm³/mol. The minimum atomic E-state index is 0.554. The molecule has 9 aromatic carbocycles. The Morgan fingerprint density at radius 2 is 0.730 bits per heavy atom. The molecule has 0 radical (unpaired) electrons. The highest BCUT2D eigenvalue weighted by molar-refractivity contribution is 6.12. The standard InChI is InChI=1S/C57H34N4O2/c1-2-15-35(16-3-1)55-58-56(36-17-12-18-40(34-36)61-49-27-8-4-19-43(49)44-20-5-9-28-50(44)61)60-57(59-55)39-32-37(41-23-13-25-47-45-21-6-10-29-51(45)62-53(41)47)31-38(33-39)42-24-14-26-48-46-22-7-11-30-52(46)63-54(42)48/h1-34H. The Bertz CT molecular complexity index is 3750. The van der Waals surface area contributed by atoms with E-state index >= 15 is 0 Å². The van der Waals surface area contributed by atoms with Crippen LogP contribution in [0.3, 0.4) is 0 Å². The van der Waals surface area contributed by atoms with Crippen molar-refractivity contribution in [1.82, 2.24) is 19.5 Å². The fourth-order valence-corrected chi connectivity index (χ4v) is 9.35. The van der Waals surface area contributed by atoms with Crippen molar-refractivity contribution >= 4 is 65.7 Å². The normalized spacial score (nSPS) is 11.8. The fraction of sp³-hybridized carbons (Fsp3) is 0. The summed E-state index contributed by atoms with van der Waals surface area (Å²) in [6, 6.07) is 71.4. The number of aromatic nitrogens is 4. The van der Waals surface area contributed by atoms with E-state index < -0.39 is 0 Å². The number of para-hydroxylation sites is 6. The Kier molecular flexibility index (Phi) is 7.80. The molecule has 0 aliphatic heterocycles. The number of fused-ring (bicyclic) bond motifs is 9. The maximum Gasteiger partial charge on any atom is 0.164 e. The molecule has 0 fully saturated rings. The summed E-state index contributed by atoms with van der Waals surface area (Å²) in [6.07, 6.45) is 0. The lowest BCUT2D eigenvalue weighted by Gasteiger charge is -2.13. The molecule has 63 heavy (non-hydrogen) atoms. The van der Waals surface area contributed by atoms with E-state index in [0.717, 1.165) is 99.5 Å². The van der Waals surface area contributed by atoms with Crippen molar-refractivity contribution < 1.29 is 8.83 Å². The van der Waals surface area contributed by atoms with Crippen LogP contribution in [-0.2, 0) is 0 Å². The monoisotopic (exact) mass is 806 g/mol. The summed E-state index contributed by atoms with van der Waals surface area (Å²) in [5, 5.41) is 6.70. The molecule has 4 aromatic heterocycles. The first-order valence-electron chi connectivity index (χ1n) is 21.1. The molecule has 4 heterocycles. The molecule has 6 nitrogen and oxygen atoms in total. The van der Waals surface area contributed by atoms with Crippen molar-refractivity contribution in [3.63, 3.8) is 0 Å². The summed E-state index contributed by atoms with van der Waals surface area (Å²) >= 11 is 0. The first-order chi connectivity index (χ1) is 31.2. The SMILES string of the molecule is c1ccc(-c2nc(-c3cc(-c4cccc5c4oc4ccccc45)cc(-c4cccc5c4oc4ccccc45)c3)nc(-c3cccc(-n4c5ccccc5c5ccccc54)c3)n2)cc1. The molecule has 6 heteroatoms. The van der Waals surface area contributed by atoms with Crippen LogP contribution in [-0.4, -0.2) is 19.5 Å². The van der Waals surface area contributed by atoms with Crippen molar-refractivity contribution in [1.29, 1.82) is 0 Å². The second-order valence-electron chi connectivity index (χ2n) is 16.0. The van der Waals surface area contributed by atoms with E-state index in [1.807, 2.05) is 54.6 Å². The Balaban J connectivity index is 1.05. The van der Waals surface area contributed by atoms with Gasteiger partial charge in [-0.25, -0.2) is 15.0 Å². The van der Waals surface area contributed by atoms with Gasteiger partial charge in [0.2, 0.25) is 0 Å². The molecular formula is C57H34N4O2. The summed E-state index contributed by atoms with van der Waals surface area (Å²) in [5.74, 6) is 1.72. The molecule has 0 aliphatic rings. The molecule has 13 rings (SSSR count). The van der Waals surface area contributed by atoms with Crippen LogP contribution in [0, 0.1) is 0 Å². The average Bonchev–Trinajstić information content (AvgIpc) is 4.04. The smallest absolute Gasteiger partial charge is 0.164 e. The minimum Gasteiger partial charge on any atom is -0.455 e. The Hall–Kier alpha value is -8.61. The zero-order chi connectivity index (χ0) is 41.4. The van der Waals surface area contributed by atoms with E-state index in [0.29, 0.717) is 17.5 Å². The van der Waals surface area contributed by atoms with Crippen molar-refractivity contribution in [2.24, 2.45) is 0 Å². The van der Waals surface area contributed by atoms with Gasteiger partial charge in [-0.1, -0.05) is 152 Å². The molecule has 0 atom stereocenters. The highest BCUT2D eigenvalue weighted by atomic mass is 16.3. The maximum absolute atomic E-state index is 6.63. The van der Waals surface area contributed by atoms with Crippen LogP contribution in [0.15, 0.2) is 215 Å². The molecule has 0 N–H and O–H groups in total. The number of hydrogen-bond acceptors (Lipinski definition) is 5. The van der Waals surface area contributed by atoms with Crippen LogP contribution in [0.25, 0.3) is 128 Å². The summed E-state index contributed by atoms with van der Waals surface area (Å²) in [5.41, 5.74) is 13.1. The van der Waals surface area contributed by atoms with Gasteiger partial charge in [-0.05, 0) is 65.7 Å². The third-order valence-electron chi connectivity index (χ3n) is 12.2. The van der Waals surface area contributed by atoms with Gasteiger partial charge in [0.1, 0.15) is 22.3 Å². The van der Waals surface area contributed by atoms with Crippen molar-refractivity contribution in [3.05, 3.63) is 206 Å². The second kappa shape index (κ2) is 14.0. The number of hydrogen-bond donors (Lipinski definition) is 0. The quantitative estimate of drug-likeness (QED) is 0.167. The van der Waals surface area contributed by atoms with Gasteiger partial charge in [0.15, 0.2) is 17.5 Å². The van der Waals surface area contributed by atoms with Gasteiger partial charge in [0, 0.05) is 65.8 Å². The first kappa shape index (κ1) is 35.2. The number of furan rings is 2. The van der Waals surface area contributed by atoms with Gasteiger partial charge < -0.3 is 13.4 Å². The molecule has 0 spiro atoms. The predicted octanol–water partition coefficient (Wildman–Crippen LogP) is 15.1. The largest absolute Gasteiger partial charge is 0.455 e. The van der Waals surface area contributed by atoms with Crippen LogP contribution < -0.4 is 0 Å². The second-order valence-corrected chi connectivity index (χ2v) is 16.0. The van der Waals surface area contributed by atoms with Crippen molar-refractivity contribution in [3.8, 4) is 62.1 Å². The Morgan fingerprint density at radius 3 is 1.32 bits per heavy atom. The minimum absolute atomic E-state index is 0.554. The van der Waals surface area contributed by atoms with Gasteiger partial charge in [-0.15, -0.1) is 0 Å². The number of benzene rings is 9. The molecule has 0 amide bonds. The molecule has 13 aromatic rings. The third kappa shape index (κ3) is 5.69. The van der Waals surface area contributed by atoms with E-state index in [-0.39, 0.29) is 0 Å². The highest BCUT2D eigenvalue weighted by Gasteiger charge is 2.20. The van der Waals surface area contributed by atoms with Crippen molar-refractivity contribution in [2.75, 3.05) is 0 Å². The Morgan fingerprint density at radius 1 is 0.302 bits per heavy atom. The first-order valence-corrected chi connectivity index (χ1v) is 21.1. The maximum atomic E-state index is 6.63. The van der Waals surface area contributed by atoms with Crippen molar-refractivity contribution in [2.45, 2.75) is 0 Å². The van der Waals surface area contributed by atoms with Gasteiger partial charge in [-0.3, -0.25) is 0 Å². The molecule has 0 saturated heterocycles. The molecular weight excluding hydrogens is 773 g/mol. The topological polar surface area (TPSA) is 69.9 Å². The summed E-state index contributed by atoms with van der Waals surface area (Å²) < 4.78 is 15.6. The summed E-state index contributed by atoms with van der Waals surface area (Å²) in [6.45, 7) is 0. The van der Waals surface area contributed by atoms with E-state index in [1.165, 1.54) is 10.8 Å². The van der Waals surface area contributed by atoms with Crippen LogP contribution in [0.5, 0.6) is 0 Å². The van der Waals surface area contributed by atoms with Gasteiger partial charge in [0.25, 0.3) is 0 Å². The number of nitrogens with zero attached hydrogens (tertiary/aromatic N) is 4. The zero-order valence-electron chi connectivity index (χ0n) is 33.7. The number of rotatable bonds is 6. The average molecular weight is 807 g/mol. The van der Waals surface area contributed by atoms with E-state index in [2.05, 4.69) is 156 Å².